The minimum atomic E-state index is -0.763. The molecule has 1 N–H and O–H groups in total. The third-order valence-electron chi connectivity index (χ3n) is 4.63. The van der Waals surface area contributed by atoms with Gasteiger partial charge in [0.15, 0.2) is 6.61 Å². The van der Waals surface area contributed by atoms with E-state index in [1.54, 1.807) is 37.3 Å². The first-order valence-electron chi connectivity index (χ1n) is 9.82. The van der Waals surface area contributed by atoms with Gasteiger partial charge >= 0.3 is 0 Å². The Morgan fingerprint density at radius 2 is 1.74 bits per heavy atom. The van der Waals surface area contributed by atoms with Crippen molar-refractivity contribution in [1.29, 1.82) is 0 Å². The molecule has 5 nitrogen and oxygen atoms in total. The lowest BCUT2D eigenvalue weighted by molar-refractivity contribution is -0.142. The third-order valence-corrected chi connectivity index (χ3v) is 5.87. The predicted octanol–water partition coefficient (Wildman–Crippen LogP) is 6.01. The number of amides is 2. The highest BCUT2D eigenvalue weighted by molar-refractivity contribution is 6.36. The second kappa shape index (κ2) is 12.4. The van der Waals surface area contributed by atoms with Crippen molar-refractivity contribution in [3.05, 3.63) is 62.1 Å². The van der Waals surface area contributed by atoms with E-state index in [-0.39, 0.29) is 24.1 Å². The molecule has 1 atom stereocenters. The number of carbonyl (C=O) groups is 2. The lowest BCUT2D eigenvalue weighted by Gasteiger charge is -2.29. The average Bonchev–Trinajstić information content (AvgIpc) is 2.72. The maximum Gasteiger partial charge on any atom is 0.261 e. The van der Waals surface area contributed by atoms with Crippen LogP contribution in [-0.2, 0) is 16.1 Å². The van der Waals surface area contributed by atoms with Gasteiger partial charge in [-0.25, -0.2) is 0 Å². The van der Waals surface area contributed by atoms with Crippen molar-refractivity contribution >= 4 is 58.2 Å². The molecule has 2 aromatic carbocycles. The van der Waals surface area contributed by atoms with Crippen molar-refractivity contribution < 1.29 is 14.3 Å². The maximum absolute atomic E-state index is 13.1. The molecule has 9 heteroatoms. The third kappa shape index (κ3) is 7.46. The second-order valence-corrected chi connectivity index (χ2v) is 8.56. The number of ether oxygens (including phenoxy) is 1. The highest BCUT2D eigenvalue weighted by atomic mass is 35.5. The molecule has 0 aliphatic heterocycles. The zero-order valence-corrected chi connectivity index (χ0v) is 20.3. The molecular formula is C22H24Cl4N2O3. The van der Waals surface area contributed by atoms with E-state index in [9.17, 15) is 9.59 Å². The Bertz CT molecular complexity index is 903. The van der Waals surface area contributed by atoms with Crippen LogP contribution >= 0.6 is 46.4 Å². The molecule has 0 aliphatic rings. The fourth-order valence-electron chi connectivity index (χ4n) is 2.79. The molecule has 2 amide bonds. The molecule has 168 valence electrons. The first-order valence-corrected chi connectivity index (χ1v) is 11.3. The van der Waals surface area contributed by atoms with Gasteiger partial charge in [0.05, 0.1) is 5.02 Å². The van der Waals surface area contributed by atoms with E-state index < -0.39 is 11.9 Å². The number of hydrogen-bond donors (Lipinski definition) is 1. The minimum absolute atomic E-state index is 0.0530. The molecule has 0 aromatic heterocycles. The van der Waals surface area contributed by atoms with E-state index in [4.69, 9.17) is 51.1 Å². The van der Waals surface area contributed by atoms with Crippen molar-refractivity contribution in [1.82, 2.24) is 10.2 Å². The summed E-state index contributed by atoms with van der Waals surface area (Å²) in [5.74, 6) is -0.371. The van der Waals surface area contributed by atoms with Gasteiger partial charge in [0.1, 0.15) is 11.8 Å². The van der Waals surface area contributed by atoms with Gasteiger partial charge in [0, 0.05) is 33.7 Å². The van der Waals surface area contributed by atoms with E-state index in [0.717, 1.165) is 12.8 Å². The molecule has 2 aromatic rings. The van der Waals surface area contributed by atoms with Crippen LogP contribution in [0.4, 0.5) is 0 Å². The van der Waals surface area contributed by atoms with Crippen LogP contribution in [0.3, 0.4) is 0 Å². The number of benzene rings is 2. The normalized spacial score (nSPS) is 11.7. The van der Waals surface area contributed by atoms with Gasteiger partial charge in [-0.3, -0.25) is 9.59 Å². The Labute approximate surface area is 202 Å². The smallest absolute Gasteiger partial charge is 0.261 e. The monoisotopic (exact) mass is 504 g/mol. The van der Waals surface area contributed by atoms with Gasteiger partial charge in [-0.1, -0.05) is 65.8 Å². The van der Waals surface area contributed by atoms with Crippen LogP contribution < -0.4 is 10.1 Å². The summed E-state index contributed by atoms with van der Waals surface area (Å²) >= 11 is 24.6. The van der Waals surface area contributed by atoms with Crippen LogP contribution in [0.1, 0.15) is 32.3 Å². The number of unbranched alkanes of at least 4 members (excludes halogenated alkanes) is 1. The standard InChI is InChI=1S/C22H24Cl4N2O3/c1-3-4-10-27-22(30)14(2)28(12-16-17(24)6-5-7-18(16)25)21(29)13-31-20-9-8-15(23)11-19(20)26/h5-9,11,14H,3-4,10,12-13H2,1-2H3,(H,27,30)/t14-/m1/s1. The summed E-state index contributed by atoms with van der Waals surface area (Å²) < 4.78 is 5.58. The summed E-state index contributed by atoms with van der Waals surface area (Å²) in [6.07, 6.45) is 1.79. The molecule has 0 unspecified atom stereocenters. The molecule has 0 bridgehead atoms. The summed E-state index contributed by atoms with van der Waals surface area (Å²) in [4.78, 5) is 27.1. The molecule has 0 saturated heterocycles. The number of nitrogens with one attached hydrogen (secondary N) is 1. The number of carbonyl (C=O) groups excluding carboxylic acids is 2. The van der Waals surface area contributed by atoms with Crippen LogP contribution in [0.25, 0.3) is 0 Å². The van der Waals surface area contributed by atoms with Crippen LogP contribution in [-0.4, -0.2) is 35.9 Å². The molecule has 0 heterocycles. The maximum atomic E-state index is 13.1. The molecule has 31 heavy (non-hydrogen) atoms. The number of hydrogen-bond acceptors (Lipinski definition) is 3. The van der Waals surface area contributed by atoms with Gasteiger partial charge in [-0.15, -0.1) is 0 Å². The number of rotatable bonds is 10. The molecular weight excluding hydrogens is 482 g/mol. The van der Waals surface area contributed by atoms with E-state index >= 15 is 0 Å². The van der Waals surface area contributed by atoms with E-state index in [0.29, 0.717) is 32.9 Å². The van der Waals surface area contributed by atoms with Gasteiger partial charge < -0.3 is 15.0 Å². The average molecular weight is 506 g/mol. The van der Waals surface area contributed by atoms with Gasteiger partial charge in [0.2, 0.25) is 5.91 Å². The van der Waals surface area contributed by atoms with Crippen molar-refractivity contribution in [3.8, 4) is 5.75 Å². The van der Waals surface area contributed by atoms with Gasteiger partial charge in [0.25, 0.3) is 5.91 Å². The summed E-state index contributed by atoms with van der Waals surface area (Å²) in [6.45, 7) is 3.95. The van der Waals surface area contributed by atoms with Gasteiger partial charge in [-0.05, 0) is 43.7 Å². The quantitative estimate of drug-likeness (QED) is 0.402. The Balaban J connectivity index is 2.20. The molecule has 0 saturated carbocycles. The molecule has 0 aliphatic carbocycles. The SMILES string of the molecule is CCCCNC(=O)[C@@H](C)N(Cc1c(Cl)cccc1Cl)C(=O)COc1ccc(Cl)cc1Cl. The molecule has 0 spiro atoms. The Hall–Kier alpha value is -1.66. The zero-order chi connectivity index (χ0) is 23.0. The van der Waals surface area contributed by atoms with Crippen LogP contribution in [0.5, 0.6) is 5.75 Å². The van der Waals surface area contributed by atoms with Crippen molar-refractivity contribution in [2.24, 2.45) is 0 Å². The van der Waals surface area contributed by atoms with Crippen LogP contribution in [0.15, 0.2) is 36.4 Å². The fourth-order valence-corrected chi connectivity index (χ4v) is 3.77. The lowest BCUT2D eigenvalue weighted by atomic mass is 10.1. The van der Waals surface area contributed by atoms with Crippen LogP contribution in [0.2, 0.25) is 20.1 Å². The summed E-state index contributed by atoms with van der Waals surface area (Å²) in [5.41, 5.74) is 0.553. The second-order valence-electron chi connectivity index (χ2n) is 6.91. The van der Waals surface area contributed by atoms with Crippen molar-refractivity contribution in [2.45, 2.75) is 39.3 Å². The highest BCUT2D eigenvalue weighted by Gasteiger charge is 2.27. The van der Waals surface area contributed by atoms with E-state index in [1.165, 1.54) is 11.0 Å². The summed E-state index contributed by atoms with van der Waals surface area (Å²) in [6, 6.07) is 9.02. The fraction of sp³-hybridized carbons (Fsp3) is 0.364. The number of nitrogens with zero attached hydrogens (tertiary/aromatic N) is 1. The largest absolute Gasteiger partial charge is 0.482 e. The molecule has 0 radical (unpaired) electrons. The predicted molar refractivity (Wildman–Crippen MR) is 126 cm³/mol. The van der Waals surface area contributed by atoms with E-state index in [2.05, 4.69) is 5.32 Å². The lowest BCUT2D eigenvalue weighted by Crippen LogP contribution is -2.49. The van der Waals surface area contributed by atoms with E-state index in [1.807, 2.05) is 6.92 Å². The molecule has 0 fully saturated rings. The Morgan fingerprint density at radius 3 is 2.35 bits per heavy atom. The molecule has 2 rings (SSSR count). The Kier molecular flexibility index (Phi) is 10.2. The first-order chi connectivity index (χ1) is 14.7. The topological polar surface area (TPSA) is 58.6 Å². The van der Waals surface area contributed by atoms with Crippen molar-refractivity contribution in [2.75, 3.05) is 13.2 Å². The van der Waals surface area contributed by atoms with Gasteiger partial charge in [-0.2, -0.15) is 0 Å². The first kappa shape index (κ1) is 25.6. The number of halogens is 4. The Morgan fingerprint density at radius 1 is 1.06 bits per heavy atom. The zero-order valence-electron chi connectivity index (χ0n) is 17.3. The summed E-state index contributed by atoms with van der Waals surface area (Å²) in [5, 5.41) is 4.40. The minimum Gasteiger partial charge on any atom is -0.482 e. The van der Waals surface area contributed by atoms with Crippen LogP contribution in [0, 0.1) is 0 Å². The summed E-state index contributed by atoms with van der Waals surface area (Å²) in [7, 11) is 0. The highest BCUT2D eigenvalue weighted by Crippen LogP contribution is 2.29. The van der Waals surface area contributed by atoms with Crippen molar-refractivity contribution in [3.63, 3.8) is 0 Å².